The van der Waals surface area contributed by atoms with Gasteiger partial charge in [0.05, 0.1) is 6.54 Å². The van der Waals surface area contributed by atoms with Crippen LogP contribution < -0.4 is 15.4 Å². The zero-order chi connectivity index (χ0) is 17.4. The molecular formula is C17H16BrFN2O3. The van der Waals surface area contributed by atoms with E-state index in [1.165, 1.54) is 6.07 Å². The highest BCUT2D eigenvalue weighted by Gasteiger charge is 2.08. The minimum Gasteiger partial charge on any atom is -0.484 e. The van der Waals surface area contributed by atoms with E-state index in [1.807, 2.05) is 6.07 Å². The van der Waals surface area contributed by atoms with Gasteiger partial charge in [-0.3, -0.25) is 9.59 Å². The Labute approximate surface area is 147 Å². The molecule has 24 heavy (non-hydrogen) atoms. The number of benzene rings is 2. The molecule has 2 aromatic carbocycles. The first-order valence-corrected chi connectivity index (χ1v) is 7.99. The molecule has 0 aliphatic carbocycles. The van der Waals surface area contributed by atoms with Crippen LogP contribution in [0.15, 0.2) is 53.0 Å². The van der Waals surface area contributed by atoms with Gasteiger partial charge in [-0.25, -0.2) is 4.39 Å². The van der Waals surface area contributed by atoms with Crippen molar-refractivity contribution >= 4 is 27.7 Å². The molecule has 0 atom stereocenters. The van der Waals surface area contributed by atoms with Gasteiger partial charge in [0.2, 0.25) is 5.91 Å². The summed E-state index contributed by atoms with van der Waals surface area (Å²) in [6, 6.07) is 13.4. The van der Waals surface area contributed by atoms with Crippen LogP contribution in [0.1, 0.15) is 5.56 Å². The van der Waals surface area contributed by atoms with E-state index in [-0.39, 0.29) is 19.7 Å². The summed E-state index contributed by atoms with van der Waals surface area (Å²) < 4.78 is 19.5. The van der Waals surface area contributed by atoms with E-state index in [2.05, 4.69) is 26.6 Å². The van der Waals surface area contributed by atoms with Crippen LogP contribution in [0, 0.1) is 5.82 Å². The molecule has 0 unspecified atom stereocenters. The standard InChI is InChI=1S/C17H16BrFN2O3/c18-13-6-7-15(19)12(8-13)9-20-16(22)10-21-17(23)11-24-14-4-2-1-3-5-14/h1-8H,9-11H2,(H,20,22)(H,21,23). The van der Waals surface area contributed by atoms with Gasteiger partial charge in [0, 0.05) is 16.6 Å². The average Bonchev–Trinajstić information content (AvgIpc) is 2.59. The van der Waals surface area contributed by atoms with Gasteiger partial charge < -0.3 is 15.4 Å². The first-order chi connectivity index (χ1) is 11.5. The Morgan fingerprint density at radius 2 is 1.79 bits per heavy atom. The van der Waals surface area contributed by atoms with Crippen LogP contribution in [0.5, 0.6) is 5.75 Å². The van der Waals surface area contributed by atoms with E-state index in [9.17, 15) is 14.0 Å². The van der Waals surface area contributed by atoms with Gasteiger partial charge in [0.25, 0.3) is 5.91 Å². The average molecular weight is 395 g/mol. The highest BCUT2D eigenvalue weighted by Crippen LogP contribution is 2.15. The molecule has 2 N–H and O–H groups in total. The zero-order valence-corrected chi connectivity index (χ0v) is 14.3. The van der Waals surface area contributed by atoms with Gasteiger partial charge in [-0.05, 0) is 30.3 Å². The molecule has 126 valence electrons. The number of hydrogen-bond donors (Lipinski definition) is 2. The van der Waals surface area contributed by atoms with Crippen LogP contribution in [0.3, 0.4) is 0 Å². The summed E-state index contributed by atoms with van der Waals surface area (Å²) in [6.45, 7) is -0.343. The fraction of sp³-hybridized carbons (Fsp3) is 0.176. The fourth-order valence-electron chi connectivity index (χ4n) is 1.83. The van der Waals surface area contributed by atoms with Crippen molar-refractivity contribution in [3.63, 3.8) is 0 Å². The van der Waals surface area contributed by atoms with Gasteiger partial charge in [0.15, 0.2) is 6.61 Å². The molecule has 2 rings (SSSR count). The lowest BCUT2D eigenvalue weighted by atomic mass is 10.2. The Morgan fingerprint density at radius 1 is 1.04 bits per heavy atom. The minimum absolute atomic E-state index is 0.0422. The minimum atomic E-state index is -0.414. The summed E-state index contributed by atoms with van der Waals surface area (Å²) in [6.07, 6.45) is 0. The quantitative estimate of drug-likeness (QED) is 0.757. The molecule has 0 radical (unpaired) electrons. The molecule has 0 aliphatic rings. The van der Waals surface area contributed by atoms with Crippen LogP contribution in [0.2, 0.25) is 0 Å². The highest BCUT2D eigenvalue weighted by molar-refractivity contribution is 9.10. The Morgan fingerprint density at radius 3 is 2.54 bits per heavy atom. The summed E-state index contributed by atoms with van der Waals surface area (Å²) >= 11 is 3.24. The maximum absolute atomic E-state index is 13.5. The number of halogens is 2. The molecule has 7 heteroatoms. The summed E-state index contributed by atoms with van der Waals surface area (Å²) in [5, 5.41) is 4.98. The van der Waals surface area contributed by atoms with Gasteiger partial charge in [0.1, 0.15) is 11.6 Å². The van der Waals surface area contributed by atoms with Crippen LogP contribution >= 0.6 is 15.9 Å². The van der Waals surface area contributed by atoms with Crippen LogP contribution in [0.25, 0.3) is 0 Å². The molecule has 0 spiro atoms. The number of hydrogen-bond acceptors (Lipinski definition) is 3. The summed E-state index contributed by atoms with van der Waals surface area (Å²) in [4.78, 5) is 23.3. The normalized spacial score (nSPS) is 10.1. The van der Waals surface area contributed by atoms with E-state index in [0.29, 0.717) is 11.3 Å². The lowest BCUT2D eigenvalue weighted by molar-refractivity contribution is -0.127. The fourth-order valence-corrected chi connectivity index (χ4v) is 2.24. The first kappa shape index (κ1) is 17.9. The number of carbonyl (C=O) groups is 2. The van der Waals surface area contributed by atoms with E-state index >= 15 is 0 Å². The van der Waals surface area contributed by atoms with Crippen molar-refractivity contribution in [2.75, 3.05) is 13.2 Å². The number of ether oxygens (including phenoxy) is 1. The van der Waals surface area contributed by atoms with Gasteiger partial charge in [-0.15, -0.1) is 0 Å². The van der Waals surface area contributed by atoms with E-state index < -0.39 is 17.6 Å². The van der Waals surface area contributed by atoms with Crippen LogP contribution in [-0.2, 0) is 16.1 Å². The third-order valence-corrected chi connectivity index (χ3v) is 3.54. The number of para-hydroxylation sites is 1. The third kappa shape index (κ3) is 6.00. The molecule has 0 saturated carbocycles. The lowest BCUT2D eigenvalue weighted by Gasteiger charge is -2.09. The largest absolute Gasteiger partial charge is 0.484 e. The van der Waals surface area contributed by atoms with Crippen molar-refractivity contribution in [2.45, 2.75) is 6.54 Å². The molecular weight excluding hydrogens is 379 g/mol. The van der Waals surface area contributed by atoms with Crippen LogP contribution in [-0.4, -0.2) is 25.0 Å². The molecule has 2 amide bonds. The maximum atomic E-state index is 13.5. The molecule has 2 aromatic rings. The van der Waals surface area contributed by atoms with Gasteiger partial charge in [-0.2, -0.15) is 0 Å². The second-order valence-electron chi connectivity index (χ2n) is 4.89. The second-order valence-corrected chi connectivity index (χ2v) is 5.81. The SMILES string of the molecule is O=C(CNC(=O)COc1ccccc1)NCc1cc(Br)ccc1F. The van der Waals surface area contributed by atoms with Crippen molar-refractivity contribution in [3.05, 3.63) is 64.4 Å². The van der Waals surface area contributed by atoms with Crippen molar-refractivity contribution < 1.29 is 18.7 Å². The van der Waals surface area contributed by atoms with Crippen molar-refractivity contribution in [3.8, 4) is 5.75 Å². The van der Waals surface area contributed by atoms with Gasteiger partial charge >= 0.3 is 0 Å². The molecule has 0 bridgehead atoms. The first-order valence-electron chi connectivity index (χ1n) is 7.20. The molecule has 0 aromatic heterocycles. The van der Waals surface area contributed by atoms with E-state index in [0.717, 1.165) is 4.47 Å². The van der Waals surface area contributed by atoms with E-state index in [1.54, 1.807) is 36.4 Å². The predicted molar refractivity (Wildman–Crippen MR) is 90.9 cm³/mol. The number of carbonyl (C=O) groups excluding carboxylic acids is 2. The number of nitrogens with one attached hydrogen (secondary N) is 2. The van der Waals surface area contributed by atoms with Crippen molar-refractivity contribution in [1.82, 2.24) is 10.6 Å². The Bertz CT molecular complexity index is 710. The number of rotatable bonds is 7. The van der Waals surface area contributed by atoms with E-state index in [4.69, 9.17) is 4.74 Å². The number of amides is 2. The summed E-state index contributed by atoms with van der Waals surface area (Å²) in [5.74, 6) is -0.661. The highest BCUT2D eigenvalue weighted by atomic mass is 79.9. The topological polar surface area (TPSA) is 67.4 Å². The third-order valence-electron chi connectivity index (χ3n) is 3.04. The molecule has 0 heterocycles. The summed E-state index contributed by atoms with van der Waals surface area (Å²) in [5.41, 5.74) is 0.358. The molecule has 5 nitrogen and oxygen atoms in total. The Hall–Kier alpha value is -2.41. The molecule has 0 fully saturated rings. The van der Waals surface area contributed by atoms with Gasteiger partial charge in [-0.1, -0.05) is 34.1 Å². The van der Waals surface area contributed by atoms with Crippen molar-refractivity contribution in [2.24, 2.45) is 0 Å². The molecule has 0 saturated heterocycles. The second kappa shape index (κ2) is 9.02. The monoisotopic (exact) mass is 394 g/mol. The Balaban J connectivity index is 1.69. The maximum Gasteiger partial charge on any atom is 0.258 e. The summed E-state index contributed by atoms with van der Waals surface area (Å²) in [7, 11) is 0. The Kier molecular flexibility index (Phi) is 6.74. The smallest absolute Gasteiger partial charge is 0.258 e. The molecule has 0 aliphatic heterocycles. The zero-order valence-electron chi connectivity index (χ0n) is 12.7. The lowest BCUT2D eigenvalue weighted by Crippen LogP contribution is -2.38. The van der Waals surface area contributed by atoms with Crippen LogP contribution in [0.4, 0.5) is 4.39 Å². The van der Waals surface area contributed by atoms with Crippen molar-refractivity contribution in [1.29, 1.82) is 0 Å². The predicted octanol–water partition coefficient (Wildman–Crippen LogP) is 2.40.